The lowest BCUT2D eigenvalue weighted by Gasteiger charge is -2.12. The summed E-state index contributed by atoms with van der Waals surface area (Å²) in [6.07, 6.45) is 0. The third-order valence-electron chi connectivity index (χ3n) is 2.74. The number of benzene rings is 2. The molecule has 2 aromatic rings. The van der Waals surface area contributed by atoms with E-state index in [1.807, 2.05) is 0 Å². The van der Waals surface area contributed by atoms with E-state index in [-0.39, 0.29) is 17.5 Å². The molecule has 0 heterocycles. The maximum atomic E-state index is 13.3. The highest BCUT2D eigenvalue weighted by atomic mass is 32.2. The summed E-state index contributed by atoms with van der Waals surface area (Å²) >= 11 is 1.22. The van der Waals surface area contributed by atoms with Crippen LogP contribution in [0, 0.1) is 15.9 Å². The maximum absolute atomic E-state index is 13.3. The van der Waals surface area contributed by atoms with Gasteiger partial charge in [0.25, 0.3) is 5.69 Å². The smallest absolute Gasteiger partial charge is 0.283 e. The van der Waals surface area contributed by atoms with Gasteiger partial charge in [-0.3, -0.25) is 10.1 Å². The predicted molar refractivity (Wildman–Crippen MR) is 76.2 cm³/mol. The molecule has 0 radical (unpaired) electrons. The molecule has 4 nitrogen and oxygen atoms in total. The monoisotopic (exact) mass is 292 g/mol. The molecule has 0 saturated heterocycles. The molecular weight excluding hydrogens is 279 g/mol. The van der Waals surface area contributed by atoms with E-state index >= 15 is 0 Å². The molecule has 2 rings (SSSR count). The Bertz CT molecular complexity index is 647. The number of nitrogens with zero attached hydrogens (tertiary/aromatic N) is 1. The van der Waals surface area contributed by atoms with E-state index in [1.165, 1.54) is 30.0 Å². The summed E-state index contributed by atoms with van der Waals surface area (Å²) in [5.74, 6) is -0.371. The molecule has 0 aliphatic rings. The summed E-state index contributed by atoms with van der Waals surface area (Å²) in [5.41, 5.74) is 6.48. The van der Waals surface area contributed by atoms with Crippen molar-refractivity contribution in [3.05, 3.63) is 64.0 Å². The summed E-state index contributed by atoms with van der Waals surface area (Å²) in [6, 6.07) is 10.4. The molecule has 0 unspecified atom stereocenters. The minimum absolute atomic E-state index is 0.0254. The van der Waals surface area contributed by atoms with Gasteiger partial charge in [0.05, 0.1) is 9.82 Å². The molecule has 104 valence electrons. The van der Waals surface area contributed by atoms with Crippen molar-refractivity contribution in [2.45, 2.75) is 22.8 Å². The number of rotatable bonds is 4. The standard InChI is InChI=1S/C14H13FN2O2S/c1-9(16)11-8-10(15)6-7-13(11)20-14-5-3-2-4-12(14)17(18)19/h2-9H,16H2,1H3/t9-/m1/s1. The molecule has 0 saturated carbocycles. The van der Waals surface area contributed by atoms with Gasteiger partial charge in [-0.1, -0.05) is 23.9 Å². The second kappa shape index (κ2) is 6.02. The van der Waals surface area contributed by atoms with Gasteiger partial charge in [-0.15, -0.1) is 0 Å². The zero-order valence-electron chi connectivity index (χ0n) is 10.7. The van der Waals surface area contributed by atoms with Crippen LogP contribution in [0.25, 0.3) is 0 Å². The maximum Gasteiger partial charge on any atom is 0.283 e. The van der Waals surface area contributed by atoms with Crippen LogP contribution >= 0.6 is 11.8 Å². The van der Waals surface area contributed by atoms with Gasteiger partial charge in [-0.05, 0) is 36.8 Å². The minimum Gasteiger partial charge on any atom is -0.324 e. The van der Waals surface area contributed by atoms with Crippen molar-refractivity contribution >= 4 is 17.4 Å². The van der Waals surface area contributed by atoms with Gasteiger partial charge < -0.3 is 5.73 Å². The van der Waals surface area contributed by atoms with Crippen LogP contribution in [0.2, 0.25) is 0 Å². The molecule has 0 amide bonds. The molecular formula is C14H13FN2O2S. The molecule has 0 aliphatic carbocycles. The van der Waals surface area contributed by atoms with Crippen LogP contribution in [0.1, 0.15) is 18.5 Å². The van der Waals surface area contributed by atoms with Gasteiger partial charge in [0, 0.05) is 17.0 Å². The average molecular weight is 292 g/mol. The van der Waals surface area contributed by atoms with E-state index in [9.17, 15) is 14.5 Å². The van der Waals surface area contributed by atoms with E-state index < -0.39 is 4.92 Å². The number of hydrogen-bond donors (Lipinski definition) is 1. The van der Waals surface area contributed by atoms with Crippen LogP contribution in [0.3, 0.4) is 0 Å². The Labute approximate surface area is 119 Å². The van der Waals surface area contributed by atoms with Crippen LogP contribution in [0.5, 0.6) is 0 Å². The molecule has 0 spiro atoms. The van der Waals surface area contributed by atoms with Crippen molar-refractivity contribution in [3.63, 3.8) is 0 Å². The van der Waals surface area contributed by atoms with Crippen LogP contribution in [-0.4, -0.2) is 4.92 Å². The van der Waals surface area contributed by atoms with Crippen molar-refractivity contribution < 1.29 is 9.31 Å². The average Bonchev–Trinajstić information content (AvgIpc) is 2.41. The summed E-state index contributed by atoms with van der Waals surface area (Å²) in [6.45, 7) is 1.75. The van der Waals surface area contributed by atoms with Crippen molar-refractivity contribution in [3.8, 4) is 0 Å². The molecule has 1 atom stereocenters. The highest BCUT2D eigenvalue weighted by Crippen LogP contribution is 2.37. The zero-order chi connectivity index (χ0) is 14.7. The molecule has 2 aromatic carbocycles. The van der Waals surface area contributed by atoms with E-state index in [0.29, 0.717) is 10.5 Å². The Morgan fingerprint density at radius 1 is 1.25 bits per heavy atom. The Morgan fingerprint density at radius 3 is 2.60 bits per heavy atom. The third-order valence-corrected chi connectivity index (χ3v) is 3.90. The van der Waals surface area contributed by atoms with E-state index in [1.54, 1.807) is 31.2 Å². The first-order chi connectivity index (χ1) is 9.49. The van der Waals surface area contributed by atoms with Gasteiger partial charge >= 0.3 is 0 Å². The third kappa shape index (κ3) is 3.15. The predicted octanol–water partition coefficient (Wildman–Crippen LogP) is 3.90. The quantitative estimate of drug-likeness (QED) is 0.685. The van der Waals surface area contributed by atoms with Crippen molar-refractivity contribution in [2.24, 2.45) is 5.73 Å². The normalized spacial score (nSPS) is 12.2. The Morgan fingerprint density at radius 2 is 1.95 bits per heavy atom. The van der Waals surface area contributed by atoms with Crippen LogP contribution in [-0.2, 0) is 0 Å². The van der Waals surface area contributed by atoms with Gasteiger partial charge in [-0.25, -0.2) is 4.39 Å². The number of nitrogens with two attached hydrogens (primary N) is 1. The molecule has 0 bridgehead atoms. The Balaban J connectivity index is 2.43. The Kier molecular flexibility index (Phi) is 4.36. The van der Waals surface area contributed by atoms with Gasteiger partial charge in [-0.2, -0.15) is 0 Å². The number of nitro benzene ring substituents is 1. The lowest BCUT2D eigenvalue weighted by molar-refractivity contribution is -0.387. The summed E-state index contributed by atoms with van der Waals surface area (Å²) < 4.78 is 13.3. The first kappa shape index (κ1) is 14.5. The van der Waals surface area contributed by atoms with Gasteiger partial charge in [0.1, 0.15) is 5.82 Å². The molecule has 0 aliphatic heterocycles. The fourth-order valence-electron chi connectivity index (χ4n) is 1.78. The van der Waals surface area contributed by atoms with E-state index in [2.05, 4.69) is 0 Å². The van der Waals surface area contributed by atoms with Crippen molar-refractivity contribution in [1.29, 1.82) is 0 Å². The molecule has 0 aromatic heterocycles. The highest BCUT2D eigenvalue weighted by molar-refractivity contribution is 7.99. The molecule has 20 heavy (non-hydrogen) atoms. The Hall–Kier alpha value is -1.92. The number of hydrogen-bond acceptors (Lipinski definition) is 4. The van der Waals surface area contributed by atoms with Crippen molar-refractivity contribution in [1.82, 2.24) is 0 Å². The second-order valence-electron chi connectivity index (χ2n) is 4.30. The fraction of sp³-hybridized carbons (Fsp3) is 0.143. The summed E-state index contributed by atoms with van der Waals surface area (Å²) in [5, 5.41) is 11.0. The lowest BCUT2D eigenvalue weighted by atomic mass is 10.1. The van der Waals surface area contributed by atoms with Gasteiger partial charge in [0.15, 0.2) is 0 Å². The first-order valence-corrected chi connectivity index (χ1v) is 6.77. The fourth-order valence-corrected chi connectivity index (χ4v) is 2.91. The van der Waals surface area contributed by atoms with Crippen molar-refractivity contribution in [2.75, 3.05) is 0 Å². The van der Waals surface area contributed by atoms with Gasteiger partial charge in [0.2, 0.25) is 0 Å². The number of nitro groups is 1. The summed E-state index contributed by atoms with van der Waals surface area (Å²) in [4.78, 5) is 11.8. The van der Waals surface area contributed by atoms with Crippen LogP contribution in [0.15, 0.2) is 52.3 Å². The highest BCUT2D eigenvalue weighted by Gasteiger charge is 2.16. The van der Waals surface area contributed by atoms with E-state index in [4.69, 9.17) is 5.73 Å². The SMILES string of the molecule is C[C@@H](N)c1cc(F)ccc1Sc1ccccc1[N+](=O)[O-]. The number of para-hydroxylation sites is 1. The molecule has 2 N–H and O–H groups in total. The number of halogens is 1. The molecule has 6 heteroatoms. The topological polar surface area (TPSA) is 69.2 Å². The van der Waals surface area contributed by atoms with Crippen LogP contribution < -0.4 is 5.73 Å². The van der Waals surface area contributed by atoms with Crippen LogP contribution in [0.4, 0.5) is 10.1 Å². The minimum atomic E-state index is -0.433. The first-order valence-electron chi connectivity index (χ1n) is 5.95. The second-order valence-corrected chi connectivity index (χ2v) is 5.38. The summed E-state index contributed by atoms with van der Waals surface area (Å²) in [7, 11) is 0. The van der Waals surface area contributed by atoms with E-state index in [0.717, 1.165) is 4.90 Å². The lowest BCUT2D eigenvalue weighted by Crippen LogP contribution is -2.06. The largest absolute Gasteiger partial charge is 0.324 e. The zero-order valence-corrected chi connectivity index (χ0v) is 11.6. The molecule has 0 fully saturated rings.